The summed E-state index contributed by atoms with van der Waals surface area (Å²) in [6.07, 6.45) is 2.29. The fraction of sp³-hybridized carbons (Fsp3) is 0.381. The van der Waals surface area contributed by atoms with Gasteiger partial charge in [-0.25, -0.2) is 0 Å². The maximum absolute atomic E-state index is 12.7. The van der Waals surface area contributed by atoms with Crippen LogP contribution in [0.25, 0.3) is 10.9 Å². The molecular formula is C21H25N5O2. The SMILES string of the molecule is Cc1cc(C)n(CC(=O)N2CCN(C(=O)Cc3c[nH]c4ccccc34)CC2)n1. The number of piperazine rings is 1. The van der Waals surface area contributed by atoms with E-state index >= 15 is 0 Å². The van der Waals surface area contributed by atoms with Gasteiger partial charge in [0.2, 0.25) is 11.8 Å². The van der Waals surface area contributed by atoms with Crippen LogP contribution in [0.2, 0.25) is 0 Å². The number of rotatable bonds is 4. The minimum Gasteiger partial charge on any atom is -0.361 e. The molecule has 1 saturated heterocycles. The molecule has 0 saturated carbocycles. The molecule has 0 radical (unpaired) electrons. The maximum atomic E-state index is 12.7. The second kappa shape index (κ2) is 7.50. The molecule has 1 aromatic carbocycles. The number of H-pyrrole nitrogens is 1. The first-order valence-corrected chi connectivity index (χ1v) is 9.63. The van der Waals surface area contributed by atoms with Crippen molar-refractivity contribution >= 4 is 22.7 Å². The predicted molar refractivity (Wildman–Crippen MR) is 107 cm³/mol. The van der Waals surface area contributed by atoms with Crippen molar-refractivity contribution in [3.8, 4) is 0 Å². The van der Waals surface area contributed by atoms with Gasteiger partial charge in [0.05, 0.1) is 12.1 Å². The topological polar surface area (TPSA) is 74.2 Å². The van der Waals surface area contributed by atoms with Gasteiger partial charge in [0, 0.05) is 49.0 Å². The molecule has 7 nitrogen and oxygen atoms in total. The first-order chi connectivity index (χ1) is 13.5. The van der Waals surface area contributed by atoms with Gasteiger partial charge >= 0.3 is 0 Å². The van der Waals surface area contributed by atoms with Gasteiger partial charge in [0.15, 0.2) is 0 Å². The van der Waals surface area contributed by atoms with Gasteiger partial charge in [-0.05, 0) is 31.5 Å². The summed E-state index contributed by atoms with van der Waals surface area (Å²) in [6, 6.07) is 9.97. The molecule has 0 aliphatic carbocycles. The Kier molecular flexibility index (Phi) is 4.90. The monoisotopic (exact) mass is 379 g/mol. The van der Waals surface area contributed by atoms with Crippen molar-refractivity contribution in [3.63, 3.8) is 0 Å². The van der Waals surface area contributed by atoms with E-state index in [1.165, 1.54) is 0 Å². The molecular weight excluding hydrogens is 354 g/mol. The number of aromatic nitrogens is 3. The summed E-state index contributed by atoms with van der Waals surface area (Å²) >= 11 is 0. The van der Waals surface area contributed by atoms with E-state index in [1.54, 1.807) is 4.68 Å². The Morgan fingerprint density at radius 2 is 1.71 bits per heavy atom. The number of aromatic amines is 1. The van der Waals surface area contributed by atoms with E-state index in [0.717, 1.165) is 27.9 Å². The van der Waals surface area contributed by atoms with Crippen LogP contribution in [-0.2, 0) is 22.6 Å². The molecule has 1 fully saturated rings. The third-order valence-corrected chi connectivity index (χ3v) is 5.39. The minimum absolute atomic E-state index is 0.0509. The summed E-state index contributed by atoms with van der Waals surface area (Å²) < 4.78 is 1.74. The van der Waals surface area contributed by atoms with Gasteiger partial charge in [-0.1, -0.05) is 18.2 Å². The van der Waals surface area contributed by atoms with Crippen molar-refractivity contribution in [1.82, 2.24) is 24.6 Å². The van der Waals surface area contributed by atoms with Gasteiger partial charge in [0.1, 0.15) is 6.54 Å². The van der Waals surface area contributed by atoms with E-state index in [9.17, 15) is 9.59 Å². The van der Waals surface area contributed by atoms with Gasteiger partial charge in [-0.15, -0.1) is 0 Å². The van der Waals surface area contributed by atoms with Crippen molar-refractivity contribution in [2.45, 2.75) is 26.8 Å². The molecule has 0 bridgehead atoms. The summed E-state index contributed by atoms with van der Waals surface area (Å²) in [5.74, 6) is 0.158. The van der Waals surface area contributed by atoms with Crippen LogP contribution in [0.1, 0.15) is 17.0 Å². The number of hydrogen-bond acceptors (Lipinski definition) is 3. The maximum Gasteiger partial charge on any atom is 0.244 e. The molecule has 1 aliphatic rings. The first-order valence-electron chi connectivity index (χ1n) is 9.63. The lowest BCUT2D eigenvalue weighted by Gasteiger charge is -2.35. The number of aryl methyl sites for hydroxylation is 2. The second-order valence-corrected chi connectivity index (χ2v) is 7.38. The minimum atomic E-state index is 0.0509. The number of amides is 2. The molecule has 7 heteroatoms. The van der Waals surface area contributed by atoms with Gasteiger partial charge in [0.25, 0.3) is 0 Å². The third kappa shape index (κ3) is 3.65. The molecule has 3 aromatic rings. The number of nitrogens with zero attached hydrogens (tertiary/aromatic N) is 4. The van der Waals surface area contributed by atoms with E-state index in [4.69, 9.17) is 0 Å². The molecule has 1 aliphatic heterocycles. The zero-order valence-electron chi connectivity index (χ0n) is 16.3. The van der Waals surface area contributed by atoms with Crippen LogP contribution >= 0.6 is 0 Å². The standard InChI is InChI=1S/C21H25N5O2/c1-15-11-16(2)26(23-15)14-21(28)25-9-7-24(8-10-25)20(27)12-17-13-22-19-6-4-3-5-18(17)19/h3-6,11,13,22H,7-10,12,14H2,1-2H3. The zero-order valence-corrected chi connectivity index (χ0v) is 16.3. The smallest absolute Gasteiger partial charge is 0.244 e. The van der Waals surface area contributed by atoms with Crippen molar-refractivity contribution < 1.29 is 9.59 Å². The molecule has 0 atom stereocenters. The fourth-order valence-corrected chi connectivity index (χ4v) is 3.82. The van der Waals surface area contributed by atoms with Crippen molar-refractivity contribution in [2.75, 3.05) is 26.2 Å². The van der Waals surface area contributed by atoms with E-state index in [2.05, 4.69) is 10.1 Å². The van der Waals surface area contributed by atoms with Crippen LogP contribution in [-0.4, -0.2) is 62.6 Å². The Bertz CT molecular complexity index is 1010. The lowest BCUT2D eigenvalue weighted by atomic mass is 10.1. The van der Waals surface area contributed by atoms with Crippen molar-refractivity contribution in [2.24, 2.45) is 0 Å². The number of benzene rings is 1. The van der Waals surface area contributed by atoms with E-state index in [1.807, 2.05) is 60.2 Å². The quantitative estimate of drug-likeness (QED) is 0.752. The Morgan fingerprint density at radius 3 is 2.39 bits per heavy atom. The number of fused-ring (bicyclic) bond motifs is 1. The van der Waals surface area contributed by atoms with E-state index in [-0.39, 0.29) is 18.4 Å². The summed E-state index contributed by atoms with van der Waals surface area (Å²) in [6.45, 7) is 6.41. The highest BCUT2D eigenvalue weighted by molar-refractivity contribution is 5.89. The summed E-state index contributed by atoms with van der Waals surface area (Å²) in [7, 11) is 0. The lowest BCUT2D eigenvalue weighted by molar-refractivity contribution is -0.139. The normalized spacial score (nSPS) is 14.6. The Hall–Kier alpha value is -3.09. The number of carbonyl (C=O) groups is 2. The molecule has 2 amide bonds. The van der Waals surface area contributed by atoms with Crippen LogP contribution in [0.4, 0.5) is 0 Å². The molecule has 3 heterocycles. The first kappa shape index (κ1) is 18.3. The van der Waals surface area contributed by atoms with E-state index in [0.29, 0.717) is 32.6 Å². The summed E-state index contributed by atoms with van der Waals surface area (Å²) in [4.78, 5) is 32.2. The molecule has 1 N–H and O–H groups in total. The van der Waals surface area contributed by atoms with E-state index < -0.39 is 0 Å². The lowest BCUT2D eigenvalue weighted by Crippen LogP contribution is -2.51. The average molecular weight is 379 g/mol. The average Bonchev–Trinajstić information content (AvgIpc) is 3.24. The Labute approximate surface area is 163 Å². The highest BCUT2D eigenvalue weighted by Crippen LogP contribution is 2.19. The van der Waals surface area contributed by atoms with Crippen LogP contribution in [0.3, 0.4) is 0 Å². The predicted octanol–water partition coefficient (Wildman–Crippen LogP) is 1.89. The number of carbonyl (C=O) groups excluding carboxylic acids is 2. The van der Waals surface area contributed by atoms with Crippen molar-refractivity contribution in [1.29, 1.82) is 0 Å². The van der Waals surface area contributed by atoms with Gasteiger partial charge < -0.3 is 14.8 Å². The molecule has 28 heavy (non-hydrogen) atoms. The Morgan fingerprint density at radius 1 is 1.04 bits per heavy atom. The summed E-state index contributed by atoms with van der Waals surface area (Å²) in [5.41, 5.74) is 3.96. The number of hydrogen-bond donors (Lipinski definition) is 1. The highest BCUT2D eigenvalue weighted by atomic mass is 16.2. The van der Waals surface area contributed by atoms with Crippen molar-refractivity contribution in [3.05, 3.63) is 53.5 Å². The largest absolute Gasteiger partial charge is 0.361 e. The fourth-order valence-electron chi connectivity index (χ4n) is 3.82. The van der Waals surface area contributed by atoms with Crippen LogP contribution in [0.5, 0.6) is 0 Å². The Balaban J connectivity index is 1.32. The number of nitrogens with one attached hydrogen (secondary N) is 1. The molecule has 0 spiro atoms. The van der Waals surface area contributed by atoms with Gasteiger partial charge in [-0.2, -0.15) is 5.10 Å². The second-order valence-electron chi connectivity index (χ2n) is 7.38. The van der Waals surface area contributed by atoms with Crippen LogP contribution < -0.4 is 0 Å². The molecule has 4 rings (SSSR count). The molecule has 0 unspecified atom stereocenters. The van der Waals surface area contributed by atoms with Crippen LogP contribution in [0.15, 0.2) is 36.5 Å². The number of para-hydroxylation sites is 1. The van der Waals surface area contributed by atoms with Crippen LogP contribution in [0, 0.1) is 13.8 Å². The highest BCUT2D eigenvalue weighted by Gasteiger charge is 2.25. The molecule has 2 aromatic heterocycles. The third-order valence-electron chi connectivity index (χ3n) is 5.39. The van der Waals surface area contributed by atoms with Gasteiger partial charge in [-0.3, -0.25) is 14.3 Å². The zero-order chi connectivity index (χ0) is 19.7. The molecule has 146 valence electrons. The summed E-state index contributed by atoms with van der Waals surface area (Å²) in [5, 5.41) is 5.45.